The summed E-state index contributed by atoms with van der Waals surface area (Å²) in [6.45, 7) is 2.99. The summed E-state index contributed by atoms with van der Waals surface area (Å²) < 4.78 is 16.0. The molecule has 7 heterocycles. The zero-order valence-corrected chi connectivity index (χ0v) is 20.0. The zero-order chi connectivity index (χ0) is 24.1. The lowest BCUT2D eigenvalue weighted by Gasteiger charge is -2.15. The van der Waals surface area contributed by atoms with Gasteiger partial charge in [0.15, 0.2) is 11.5 Å². The Bertz CT molecular complexity index is 1700. The second kappa shape index (κ2) is 8.58. The van der Waals surface area contributed by atoms with Crippen molar-refractivity contribution in [1.82, 2.24) is 40.0 Å². The number of hydrogen-bond acceptors (Lipinski definition) is 7. The van der Waals surface area contributed by atoms with Crippen molar-refractivity contribution in [3.05, 3.63) is 65.8 Å². The van der Waals surface area contributed by atoms with Crippen molar-refractivity contribution in [1.29, 1.82) is 0 Å². The summed E-state index contributed by atoms with van der Waals surface area (Å²) >= 11 is 1.60. The second-order valence-electron chi connectivity index (χ2n) is 8.97. The van der Waals surface area contributed by atoms with Gasteiger partial charge in [0.2, 0.25) is 0 Å². The van der Waals surface area contributed by atoms with Crippen LogP contribution in [0.1, 0.15) is 18.4 Å². The molecule has 1 fully saturated rings. The van der Waals surface area contributed by atoms with Crippen LogP contribution in [0.25, 0.3) is 55.3 Å². The molecule has 1 aliphatic heterocycles. The molecule has 8 nitrogen and oxygen atoms in total. The maximum atomic E-state index is 16.0. The standard InChI is InChI=1S/C26H21FN8S/c27-21-17(16-10-15(11-28-12-16)14-35-7-1-2-8-35)13-30-25-20(21)24(33-34-25)26-31-18-5-6-29-23(22(18)32-26)19-4-3-9-36-19/h3-6,9-13H,1-2,7-8,14H2,(H,31,32)(H,30,33,34). The number of nitrogens with one attached hydrogen (secondary N) is 2. The Hall–Kier alpha value is -4.02. The highest BCUT2D eigenvalue weighted by Crippen LogP contribution is 2.35. The Labute approximate surface area is 209 Å². The molecule has 1 saturated heterocycles. The molecule has 1 aliphatic rings. The third-order valence-corrected chi connectivity index (χ3v) is 7.49. The molecule has 0 atom stereocenters. The van der Waals surface area contributed by atoms with Crippen molar-refractivity contribution < 1.29 is 4.39 Å². The molecule has 0 bridgehead atoms. The molecule has 0 saturated carbocycles. The van der Waals surface area contributed by atoms with Crippen LogP contribution in [0.2, 0.25) is 0 Å². The molecule has 0 aliphatic carbocycles. The van der Waals surface area contributed by atoms with E-state index in [9.17, 15) is 0 Å². The van der Waals surface area contributed by atoms with Crippen molar-refractivity contribution in [3.63, 3.8) is 0 Å². The van der Waals surface area contributed by atoms with Gasteiger partial charge in [-0.15, -0.1) is 11.3 Å². The molecule has 0 radical (unpaired) electrons. The van der Waals surface area contributed by atoms with Crippen LogP contribution in [0.5, 0.6) is 0 Å². The van der Waals surface area contributed by atoms with Crippen LogP contribution in [0.4, 0.5) is 4.39 Å². The van der Waals surface area contributed by atoms with Gasteiger partial charge < -0.3 is 4.98 Å². The van der Waals surface area contributed by atoms with Crippen molar-refractivity contribution in [2.24, 2.45) is 0 Å². The number of aromatic nitrogens is 7. The third-order valence-electron chi connectivity index (χ3n) is 6.62. The van der Waals surface area contributed by atoms with Gasteiger partial charge in [-0.2, -0.15) is 5.10 Å². The van der Waals surface area contributed by atoms with Crippen LogP contribution in [-0.2, 0) is 6.54 Å². The summed E-state index contributed by atoms with van der Waals surface area (Å²) in [7, 11) is 0. The van der Waals surface area contributed by atoms with E-state index in [2.05, 4.69) is 35.0 Å². The van der Waals surface area contributed by atoms with Gasteiger partial charge in [0.25, 0.3) is 0 Å². The second-order valence-corrected chi connectivity index (χ2v) is 9.91. The van der Waals surface area contributed by atoms with E-state index < -0.39 is 5.82 Å². The lowest BCUT2D eigenvalue weighted by Crippen LogP contribution is -2.18. The highest BCUT2D eigenvalue weighted by molar-refractivity contribution is 7.13. The van der Waals surface area contributed by atoms with Crippen LogP contribution >= 0.6 is 11.3 Å². The van der Waals surface area contributed by atoms with Gasteiger partial charge in [-0.1, -0.05) is 6.07 Å². The minimum Gasteiger partial charge on any atom is -0.336 e. The highest BCUT2D eigenvalue weighted by atomic mass is 32.1. The Balaban J connectivity index is 1.32. The van der Waals surface area contributed by atoms with Gasteiger partial charge in [0.05, 0.1) is 15.8 Å². The number of likely N-dealkylation sites (tertiary alicyclic amines) is 1. The fraction of sp³-hybridized carbons (Fsp3) is 0.192. The number of pyridine rings is 3. The topological polar surface area (TPSA) is 99.3 Å². The summed E-state index contributed by atoms with van der Waals surface area (Å²) in [5.41, 5.74) is 5.20. The van der Waals surface area contributed by atoms with E-state index in [1.54, 1.807) is 23.7 Å². The number of aromatic amines is 2. The minimum absolute atomic E-state index is 0.294. The van der Waals surface area contributed by atoms with E-state index >= 15 is 4.39 Å². The number of thiophene rings is 1. The van der Waals surface area contributed by atoms with E-state index in [-0.39, 0.29) is 0 Å². The predicted octanol–water partition coefficient (Wildman–Crippen LogP) is 5.42. The fourth-order valence-corrected chi connectivity index (χ4v) is 5.61. The zero-order valence-electron chi connectivity index (χ0n) is 19.2. The molecule has 0 aromatic carbocycles. The minimum atomic E-state index is -0.402. The number of hydrogen-bond donors (Lipinski definition) is 2. The van der Waals surface area contributed by atoms with E-state index in [1.807, 2.05) is 35.8 Å². The van der Waals surface area contributed by atoms with Crippen molar-refractivity contribution in [2.75, 3.05) is 13.1 Å². The molecule has 0 unspecified atom stereocenters. The van der Waals surface area contributed by atoms with Crippen LogP contribution < -0.4 is 0 Å². The number of imidazole rings is 1. The summed E-state index contributed by atoms with van der Waals surface area (Å²) in [4.78, 5) is 24.8. The molecule has 10 heteroatoms. The lowest BCUT2D eigenvalue weighted by atomic mass is 10.0. The van der Waals surface area contributed by atoms with Crippen molar-refractivity contribution in [3.8, 4) is 33.2 Å². The van der Waals surface area contributed by atoms with Gasteiger partial charge in [-0.05, 0) is 55.1 Å². The van der Waals surface area contributed by atoms with E-state index in [4.69, 9.17) is 4.98 Å². The SMILES string of the molecule is Fc1c(-c2cncc(CN3CCCC3)c2)cnc2[nH]nc(-c3nc4c(-c5cccs5)nccc4[nH]3)c12. The first-order chi connectivity index (χ1) is 17.7. The van der Waals surface area contributed by atoms with E-state index in [0.717, 1.165) is 46.8 Å². The van der Waals surface area contributed by atoms with Crippen molar-refractivity contribution >= 4 is 33.4 Å². The molecular weight excluding hydrogens is 475 g/mol. The van der Waals surface area contributed by atoms with E-state index in [0.29, 0.717) is 33.7 Å². The first-order valence-electron chi connectivity index (χ1n) is 11.8. The largest absolute Gasteiger partial charge is 0.336 e. The fourth-order valence-electron chi connectivity index (χ4n) is 4.89. The van der Waals surface area contributed by atoms with Crippen LogP contribution in [0.15, 0.2) is 54.4 Å². The summed E-state index contributed by atoms with van der Waals surface area (Å²) in [5, 5.41) is 9.52. The average molecular weight is 497 g/mol. The summed E-state index contributed by atoms with van der Waals surface area (Å²) in [5.74, 6) is 0.0572. The molecule has 6 aromatic rings. The van der Waals surface area contributed by atoms with Crippen LogP contribution in [0.3, 0.4) is 0 Å². The van der Waals surface area contributed by atoms with E-state index in [1.165, 1.54) is 19.0 Å². The van der Waals surface area contributed by atoms with Gasteiger partial charge in [-0.25, -0.2) is 14.4 Å². The number of rotatable bonds is 5. The maximum absolute atomic E-state index is 16.0. The monoisotopic (exact) mass is 496 g/mol. The number of H-pyrrole nitrogens is 2. The lowest BCUT2D eigenvalue weighted by molar-refractivity contribution is 0.331. The molecule has 0 spiro atoms. The first kappa shape index (κ1) is 21.3. The first-order valence-corrected chi connectivity index (χ1v) is 12.7. The summed E-state index contributed by atoms with van der Waals surface area (Å²) in [6.07, 6.45) is 9.25. The Morgan fingerprint density at radius 3 is 2.83 bits per heavy atom. The number of fused-ring (bicyclic) bond motifs is 2. The van der Waals surface area contributed by atoms with Crippen molar-refractivity contribution in [2.45, 2.75) is 19.4 Å². The Morgan fingerprint density at radius 2 is 1.97 bits per heavy atom. The number of nitrogens with zero attached hydrogens (tertiary/aromatic N) is 6. The molecule has 7 rings (SSSR count). The summed E-state index contributed by atoms with van der Waals surface area (Å²) in [6, 6.07) is 7.84. The van der Waals surface area contributed by atoms with Gasteiger partial charge >= 0.3 is 0 Å². The maximum Gasteiger partial charge on any atom is 0.159 e. The Kier molecular flexibility index (Phi) is 5.07. The molecule has 178 valence electrons. The van der Waals surface area contributed by atoms with Crippen LogP contribution in [-0.4, -0.2) is 53.1 Å². The predicted molar refractivity (Wildman–Crippen MR) is 138 cm³/mol. The average Bonchev–Trinajstić information content (AvgIpc) is 3.70. The van der Waals surface area contributed by atoms with Crippen LogP contribution in [0, 0.1) is 5.82 Å². The normalized spacial score (nSPS) is 14.4. The van der Waals surface area contributed by atoms with Gasteiger partial charge in [0, 0.05) is 42.5 Å². The quantitative estimate of drug-likeness (QED) is 0.331. The molecule has 6 aromatic heterocycles. The number of halogens is 1. The van der Waals surface area contributed by atoms with Gasteiger partial charge in [-0.3, -0.25) is 20.0 Å². The van der Waals surface area contributed by atoms with Gasteiger partial charge in [0.1, 0.15) is 22.7 Å². The molecule has 0 amide bonds. The highest BCUT2D eigenvalue weighted by Gasteiger charge is 2.22. The molecule has 2 N–H and O–H groups in total. The molecular formula is C26H21FN8S. The third kappa shape index (κ3) is 3.57. The Morgan fingerprint density at radius 1 is 1.06 bits per heavy atom. The smallest absolute Gasteiger partial charge is 0.159 e. The molecule has 36 heavy (non-hydrogen) atoms.